The fraction of sp³-hybridized carbons (Fsp3) is 0.720. The van der Waals surface area contributed by atoms with Crippen molar-refractivity contribution in [3.05, 3.63) is 34.4 Å². The molecule has 168 valence electrons. The zero-order chi connectivity index (χ0) is 22.0. The fourth-order valence-corrected chi connectivity index (χ4v) is 8.27. The number of carbonyl (C=O) groups is 1. The third kappa shape index (κ3) is 3.08. The molecule has 0 unspecified atom stereocenters. The van der Waals surface area contributed by atoms with E-state index in [1.165, 1.54) is 32.1 Å². The maximum absolute atomic E-state index is 12.3. The molecular weight excluding hydrogens is 390 g/mol. The highest BCUT2D eigenvalue weighted by Gasteiger charge is 2.61. The Kier molecular flexibility index (Phi) is 4.83. The summed E-state index contributed by atoms with van der Waals surface area (Å²) in [6.45, 7) is 4.95. The summed E-state index contributed by atoms with van der Waals surface area (Å²) in [6, 6.07) is 7.72. The Morgan fingerprint density at radius 3 is 2.42 bits per heavy atom. The number of hydrogen-bond acceptors (Lipinski definition) is 4. The number of nitrogens with zero attached hydrogens (tertiary/aromatic N) is 2. The van der Waals surface area contributed by atoms with E-state index in [0.29, 0.717) is 24.4 Å². The molecule has 5 rings (SSSR count). The molecule has 0 spiro atoms. The molecule has 0 aromatic heterocycles. The van der Waals surface area contributed by atoms with Crippen LogP contribution in [0.3, 0.4) is 0 Å². The van der Waals surface area contributed by atoms with Crippen LogP contribution in [0, 0.1) is 38.7 Å². The van der Waals surface area contributed by atoms with Crippen molar-refractivity contribution in [2.45, 2.75) is 77.3 Å². The van der Waals surface area contributed by atoms with Crippen LogP contribution in [0.15, 0.2) is 24.3 Å². The highest BCUT2D eigenvalue weighted by atomic mass is 16.6. The monoisotopic (exact) mass is 425 g/mol. The molecule has 1 heterocycles. The molecule has 1 N–H and O–H groups in total. The molecule has 0 radical (unpaired) electrons. The fourth-order valence-electron chi connectivity index (χ4n) is 8.27. The second kappa shape index (κ2) is 7.21. The van der Waals surface area contributed by atoms with Crippen molar-refractivity contribution < 1.29 is 9.72 Å². The molecule has 0 bridgehead atoms. The van der Waals surface area contributed by atoms with Crippen LogP contribution in [0.4, 0.5) is 11.4 Å². The number of hydrogen-bond donors (Lipinski definition) is 1. The summed E-state index contributed by atoms with van der Waals surface area (Å²) in [4.78, 5) is 25.0. The summed E-state index contributed by atoms with van der Waals surface area (Å²) in [7, 11) is 2.03. The predicted octanol–water partition coefficient (Wildman–Crippen LogP) is 5.24. The molecule has 1 aromatic rings. The van der Waals surface area contributed by atoms with Crippen LogP contribution in [0.5, 0.6) is 0 Å². The van der Waals surface area contributed by atoms with Crippen molar-refractivity contribution in [3.8, 4) is 0 Å². The Hall–Kier alpha value is -2.11. The van der Waals surface area contributed by atoms with E-state index in [9.17, 15) is 14.9 Å². The van der Waals surface area contributed by atoms with Crippen LogP contribution < -0.4 is 5.32 Å². The number of anilines is 1. The Morgan fingerprint density at radius 2 is 1.71 bits per heavy atom. The standard InChI is InChI=1S/C25H35N3O3/c1-24-14-12-20-18(8-11-22-25(20,2)15-13-23(29)27(22)3)19(24)9-10-21(24)26-16-4-6-17(7-5-16)28(30)31/h4-7,18-22,26H,8-15H2,1-3H3/t18-,19-,20-,21-,22+,24-,25+/m0/s1. The molecule has 4 fully saturated rings. The molecule has 31 heavy (non-hydrogen) atoms. The van der Waals surface area contributed by atoms with Crippen LogP contribution >= 0.6 is 0 Å². The zero-order valence-corrected chi connectivity index (χ0v) is 19.0. The van der Waals surface area contributed by atoms with Crippen LogP contribution in [-0.2, 0) is 4.79 Å². The van der Waals surface area contributed by atoms with E-state index in [2.05, 4.69) is 24.1 Å². The Morgan fingerprint density at radius 1 is 1.00 bits per heavy atom. The number of fused-ring (bicyclic) bond motifs is 5. The third-order valence-corrected chi connectivity index (χ3v) is 9.98. The van der Waals surface area contributed by atoms with Gasteiger partial charge in [-0.15, -0.1) is 0 Å². The van der Waals surface area contributed by atoms with Gasteiger partial charge in [-0.25, -0.2) is 0 Å². The average molecular weight is 426 g/mol. The van der Waals surface area contributed by atoms with Gasteiger partial charge in [0.15, 0.2) is 0 Å². The Balaban J connectivity index is 1.35. The first kappa shape index (κ1) is 20.8. The first-order valence-electron chi connectivity index (χ1n) is 12.0. The molecule has 3 saturated carbocycles. The topological polar surface area (TPSA) is 75.5 Å². The van der Waals surface area contributed by atoms with Gasteiger partial charge in [0.25, 0.3) is 5.69 Å². The minimum Gasteiger partial charge on any atom is -0.382 e. The van der Waals surface area contributed by atoms with Crippen molar-refractivity contribution >= 4 is 17.3 Å². The van der Waals surface area contributed by atoms with Crippen molar-refractivity contribution in [1.82, 2.24) is 4.90 Å². The molecule has 1 aliphatic heterocycles. The highest BCUT2D eigenvalue weighted by molar-refractivity contribution is 5.77. The van der Waals surface area contributed by atoms with Gasteiger partial charge in [0.1, 0.15) is 0 Å². The van der Waals surface area contributed by atoms with E-state index in [0.717, 1.165) is 36.3 Å². The second-order valence-corrected chi connectivity index (χ2v) is 11.1. The maximum Gasteiger partial charge on any atom is 0.269 e. The van der Waals surface area contributed by atoms with E-state index < -0.39 is 0 Å². The number of nitro groups is 1. The maximum atomic E-state index is 12.3. The van der Waals surface area contributed by atoms with E-state index in [-0.39, 0.29) is 21.4 Å². The summed E-state index contributed by atoms with van der Waals surface area (Å²) >= 11 is 0. The molecule has 1 aromatic carbocycles. The largest absolute Gasteiger partial charge is 0.382 e. The first-order chi connectivity index (χ1) is 14.7. The zero-order valence-electron chi connectivity index (χ0n) is 19.0. The predicted molar refractivity (Wildman–Crippen MR) is 121 cm³/mol. The molecule has 6 heteroatoms. The minimum absolute atomic E-state index is 0.141. The van der Waals surface area contributed by atoms with Gasteiger partial charge >= 0.3 is 0 Å². The average Bonchev–Trinajstić information content (AvgIpc) is 3.08. The van der Waals surface area contributed by atoms with Crippen LogP contribution in [0.2, 0.25) is 0 Å². The Labute approximate surface area is 184 Å². The SMILES string of the molecule is CN1C(=O)CC[C@]2(C)[C@H]3CC[C@]4(C)[C@@H](Nc5ccc([N+](=O)[O-])cc5)CC[C@H]4[C@@H]3CC[C@@H]12. The lowest BCUT2D eigenvalue weighted by Crippen LogP contribution is -2.61. The minimum atomic E-state index is -0.342. The number of amides is 1. The van der Waals surface area contributed by atoms with Crippen molar-refractivity contribution in [2.24, 2.45) is 28.6 Å². The van der Waals surface area contributed by atoms with Crippen LogP contribution in [0.1, 0.15) is 65.2 Å². The summed E-state index contributed by atoms with van der Waals surface area (Å²) < 4.78 is 0. The van der Waals surface area contributed by atoms with Gasteiger partial charge in [-0.3, -0.25) is 14.9 Å². The third-order valence-electron chi connectivity index (χ3n) is 9.98. The number of likely N-dealkylation sites (tertiary alicyclic amines) is 1. The van der Waals surface area contributed by atoms with E-state index in [1.54, 1.807) is 12.1 Å². The van der Waals surface area contributed by atoms with Crippen molar-refractivity contribution in [1.29, 1.82) is 0 Å². The molecular formula is C25H35N3O3. The quantitative estimate of drug-likeness (QED) is 0.531. The van der Waals surface area contributed by atoms with E-state index in [1.807, 2.05) is 19.2 Å². The molecule has 3 aliphatic carbocycles. The van der Waals surface area contributed by atoms with E-state index >= 15 is 0 Å². The number of benzene rings is 1. The van der Waals surface area contributed by atoms with Gasteiger partial charge in [0.2, 0.25) is 5.91 Å². The van der Waals surface area contributed by atoms with E-state index in [4.69, 9.17) is 0 Å². The van der Waals surface area contributed by atoms with Gasteiger partial charge in [0, 0.05) is 43.4 Å². The van der Waals surface area contributed by atoms with Crippen molar-refractivity contribution in [3.63, 3.8) is 0 Å². The normalized spacial score (nSPS) is 41.8. The molecule has 1 saturated heterocycles. The lowest BCUT2D eigenvalue weighted by atomic mass is 9.47. The highest BCUT2D eigenvalue weighted by Crippen LogP contribution is 2.64. The summed E-state index contributed by atoms with van der Waals surface area (Å²) in [6.07, 6.45) is 9.06. The van der Waals surface area contributed by atoms with Gasteiger partial charge in [-0.1, -0.05) is 13.8 Å². The number of rotatable bonds is 3. The lowest BCUT2D eigenvalue weighted by molar-refractivity contribution is -0.384. The lowest BCUT2D eigenvalue weighted by Gasteiger charge is -2.61. The number of nitrogens with one attached hydrogen (secondary N) is 1. The first-order valence-corrected chi connectivity index (χ1v) is 12.0. The number of carbonyl (C=O) groups excluding carboxylic acids is 1. The summed E-state index contributed by atoms with van der Waals surface area (Å²) in [5.41, 5.74) is 1.66. The van der Waals surface area contributed by atoms with Gasteiger partial charge < -0.3 is 10.2 Å². The number of nitro benzene ring substituents is 1. The van der Waals surface area contributed by atoms with Gasteiger partial charge in [-0.05, 0) is 85.7 Å². The van der Waals surface area contributed by atoms with Crippen LogP contribution in [0.25, 0.3) is 0 Å². The second-order valence-electron chi connectivity index (χ2n) is 11.1. The summed E-state index contributed by atoms with van der Waals surface area (Å²) in [5, 5.41) is 14.7. The molecule has 7 atom stereocenters. The van der Waals surface area contributed by atoms with Gasteiger partial charge in [-0.2, -0.15) is 0 Å². The molecule has 1 amide bonds. The van der Waals surface area contributed by atoms with Crippen LogP contribution in [-0.4, -0.2) is 34.9 Å². The smallest absolute Gasteiger partial charge is 0.269 e. The molecule has 4 aliphatic rings. The molecule has 6 nitrogen and oxygen atoms in total. The number of piperidine rings is 1. The summed E-state index contributed by atoms with van der Waals surface area (Å²) in [5.74, 6) is 2.53. The number of non-ortho nitro benzene ring substituents is 1. The van der Waals surface area contributed by atoms with Crippen molar-refractivity contribution in [2.75, 3.05) is 12.4 Å². The Bertz CT molecular complexity index is 887. The van der Waals surface area contributed by atoms with Gasteiger partial charge in [0.05, 0.1) is 4.92 Å².